The molecular weight excluding hydrogens is 279 g/mol. The van der Waals surface area contributed by atoms with Gasteiger partial charge in [0.05, 0.1) is 22.6 Å². The molecule has 108 valence electrons. The summed E-state index contributed by atoms with van der Waals surface area (Å²) in [5.41, 5.74) is 0.592. The molecule has 0 amide bonds. The van der Waals surface area contributed by atoms with Crippen LogP contribution >= 0.6 is 0 Å². The zero-order chi connectivity index (χ0) is 14.8. The van der Waals surface area contributed by atoms with Gasteiger partial charge in [-0.15, -0.1) is 0 Å². The topological polar surface area (TPSA) is 70.0 Å². The van der Waals surface area contributed by atoms with Gasteiger partial charge in [0.2, 0.25) is 0 Å². The van der Waals surface area contributed by atoms with E-state index in [-0.39, 0.29) is 16.9 Å². The van der Waals surface area contributed by atoms with E-state index in [9.17, 15) is 12.8 Å². The zero-order valence-corrected chi connectivity index (χ0v) is 12.1. The first-order valence-electron chi connectivity index (χ1n) is 6.55. The van der Waals surface area contributed by atoms with Gasteiger partial charge in [0.15, 0.2) is 0 Å². The standard InChI is InChI=1S/C14H17FN2O2S/c1-20(18,19)12-4-2-3-11(8-12)17-14-6-5-10(9-16)7-13(14)15/h5-7,11-12,17H,2-4,8H2,1H3. The van der Waals surface area contributed by atoms with Crippen LogP contribution in [0.25, 0.3) is 0 Å². The minimum absolute atomic E-state index is 0.0501. The molecule has 1 fully saturated rings. The van der Waals surface area contributed by atoms with Crippen LogP contribution in [0.1, 0.15) is 31.2 Å². The Hall–Kier alpha value is -1.61. The first-order valence-corrected chi connectivity index (χ1v) is 8.50. The molecule has 2 unspecified atom stereocenters. The number of nitrogens with zero attached hydrogens (tertiary/aromatic N) is 1. The van der Waals surface area contributed by atoms with Crippen molar-refractivity contribution in [2.24, 2.45) is 0 Å². The number of halogens is 1. The summed E-state index contributed by atoms with van der Waals surface area (Å²) in [5, 5.41) is 11.4. The second-order valence-corrected chi connectivity index (χ2v) is 7.59. The molecule has 0 aromatic heterocycles. The molecule has 6 heteroatoms. The van der Waals surface area contributed by atoms with E-state index in [1.54, 1.807) is 6.07 Å². The molecule has 1 aromatic carbocycles. The molecule has 20 heavy (non-hydrogen) atoms. The van der Waals surface area contributed by atoms with E-state index in [4.69, 9.17) is 5.26 Å². The largest absolute Gasteiger partial charge is 0.380 e. The Morgan fingerprint density at radius 1 is 1.40 bits per heavy atom. The van der Waals surface area contributed by atoms with Crippen molar-refractivity contribution in [3.05, 3.63) is 29.6 Å². The lowest BCUT2D eigenvalue weighted by Gasteiger charge is -2.29. The molecule has 1 saturated carbocycles. The second-order valence-electron chi connectivity index (χ2n) is 5.27. The Labute approximate surface area is 118 Å². The number of anilines is 1. The van der Waals surface area contributed by atoms with Gasteiger partial charge in [-0.05, 0) is 37.5 Å². The average Bonchev–Trinajstić information content (AvgIpc) is 2.40. The van der Waals surface area contributed by atoms with E-state index in [2.05, 4.69) is 5.32 Å². The summed E-state index contributed by atoms with van der Waals surface area (Å²) in [6.45, 7) is 0. The quantitative estimate of drug-likeness (QED) is 0.930. The van der Waals surface area contributed by atoms with Crippen LogP contribution < -0.4 is 5.32 Å². The third kappa shape index (κ3) is 3.48. The average molecular weight is 296 g/mol. The van der Waals surface area contributed by atoms with Gasteiger partial charge in [0, 0.05) is 12.3 Å². The monoisotopic (exact) mass is 296 g/mol. The molecule has 0 aliphatic heterocycles. The lowest BCUT2D eigenvalue weighted by molar-refractivity contribution is 0.451. The zero-order valence-electron chi connectivity index (χ0n) is 11.3. The molecule has 1 aliphatic carbocycles. The number of hydrogen-bond donors (Lipinski definition) is 1. The first kappa shape index (κ1) is 14.8. The predicted molar refractivity (Wildman–Crippen MR) is 75.6 cm³/mol. The van der Waals surface area contributed by atoms with Crippen molar-refractivity contribution in [3.8, 4) is 6.07 Å². The van der Waals surface area contributed by atoms with Crippen LogP contribution in [0.15, 0.2) is 18.2 Å². The van der Waals surface area contributed by atoms with E-state index in [0.717, 1.165) is 12.8 Å². The molecule has 2 atom stereocenters. The van der Waals surface area contributed by atoms with E-state index in [1.807, 2.05) is 6.07 Å². The fourth-order valence-electron chi connectivity index (χ4n) is 2.59. The summed E-state index contributed by atoms with van der Waals surface area (Å²) in [6, 6.07) is 6.08. The normalized spacial score (nSPS) is 23.1. The van der Waals surface area contributed by atoms with Crippen LogP contribution in [-0.4, -0.2) is 26.0 Å². The summed E-state index contributed by atoms with van der Waals surface area (Å²) >= 11 is 0. The fourth-order valence-corrected chi connectivity index (χ4v) is 3.76. The molecule has 1 aliphatic rings. The molecule has 0 spiro atoms. The molecule has 1 N–H and O–H groups in total. The number of benzene rings is 1. The van der Waals surface area contributed by atoms with Crippen LogP contribution in [0.5, 0.6) is 0 Å². The number of sulfone groups is 1. The van der Waals surface area contributed by atoms with Crippen molar-refractivity contribution in [2.45, 2.75) is 37.0 Å². The number of rotatable bonds is 3. The van der Waals surface area contributed by atoms with E-state index >= 15 is 0 Å². The van der Waals surface area contributed by atoms with Gasteiger partial charge in [-0.2, -0.15) is 5.26 Å². The minimum atomic E-state index is -3.05. The third-order valence-electron chi connectivity index (χ3n) is 3.69. The summed E-state index contributed by atoms with van der Waals surface area (Å²) in [6.07, 6.45) is 4.06. The molecular formula is C14H17FN2O2S. The number of hydrogen-bond acceptors (Lipinski definition) is 4. The maximum Gasteiger partial charge on any atom is 0.150 e. The molecule has 0 heterocycles. The van der Waals surface area contributed by atoms with Gasteiger partial charge < -0.3 is 5.32 Å². The molecule has 0 saturated heterocycles. The van der Waals surface area contributed by atoms with Gasteiger partial charge in [-0.25, -0.2) is 12.8 Å². The highest BCUT2D eigenvalue weighted by Gasteiger charge is 2.29. The Bertz CT molecular complexity index is 637. The maximum absolute atomic E-state index is 13.8. The van der Waals surface area contributed by atoms with Crippen molar-refractivity contribution in [3.63, 3.8) is 0 Å². The molecule has 2 rings (SSSR count). The summed E-state index contributed by atoms with van der Waals surface area (Å²) in [7, 11) is -3.05. The van der Waals surface area contributed by atoms with Gasteiger partial charge in [0.25, 0.3) is 0 Å². The highest BCUT2D eigenvalue weighted by molar-refractivity contribution is 7.91. The molecule has 0 bridgehead atoms. The summed E-state index contributed by atoms with van der Waals surface area (Å²) < 4.78 is 37.0. The maximum atomic E-state index is 13.8. The Morgan fingerprint density at radius 2 is 2.15 bits per heavy atom. The smallest absolute Gasteiger partial charge is 0.150 e. The predicted octanol–water partition coefficient (Wildman–Crippen LogP) is 2.47. The summed E-state index contributed by atoms with van der Waals surface area (Å²) in [4.78, 5) is 0. The van der Waals surface area contributed by atoms with Crippen molar-refractivity contribution < 1.29 is 12.8 Å². The Morgan fingerprint density at radius 3 is 2.75 bits per heavy atom. The van der Waals surface area contributed by atoms with Crippen LogP contribution in [0, 0.1) is 17.1 Å². The van der Waals surface area contributed by atoms with Gasteiger partial charge in [-0.3, -0.25) is 0 Å². The van der Waals surface area contributed by atoms with Crippen molar-refractivity contribution >= 4 is 15.5 Å². The van der Waals surface area contributed by atoms with Crippen molar-refractivity contribution in [2.75, 3.05) is 11.6 Å². The number of nitriles is 1. The summed E-state index contributed by atoms with van der Waals surface area (Å²) in [5.74, 6) is -0.481. The van der Waals surface area contributed by atoms with Crippen LogP contribution in [0.4, 0.5) is 10.1 Å². The first-order chi connectivity index (χ1) is 9.40. The van der Waals surface area contributed by atoms with Crippen LogP contribution in [0.2, 0.25) is 0 Å². The highest BCUT2D eigenvalue weighted by Crippen LogP contribution is 2.27. The highest BCUT2D eigenvalue weighted by atomic mass is 32.2. The minimum Gasteiger partial charge on any atom is -0.380 e. The Balaban J connectivity index is 2.09. The van der Waals surface area contributed by atoms with E-state index in [1.165, 1.54) is 18.4 Å². The lowest BCUT2D eigenvalue weighted by atomic mass is 9.94. The lowest BCUT2D eigenvalue weighted by Crippen LogP contribution is -2.34. The van der Waals surface area contributed by atoms with Gasteiger partial charge >= 0.3 is 0 Å². The van der Waals surface area contributed by atoms with Crippen LogP contribution in [0.3, 0.4) is 0 Å². The van der Waals surface area contributed by atoms with Gasteiger partial charge in [0.1, 0.15) is 15.7 Å². The van der Waals surface area contributed by atoms with E-state index < -0.39 is 15.7 Å². The molecule has 1 aromatic rings. The van der Waals surface area contributed by atoms with Gasteiger partial charge in [-0.1, -0.05) is 6.42 Å². The van der Waals surface area contributed by atoms with Crippen molar-refractivity contribution in [1.82, 2.24) is 0 Å². The third-order valence-corrected chi connectivity index (χ3v) is 5.33. The Kier molecular flexibility index (Phi) is 4.29. The fraction of sp³-hybridized carbons (Fsp3) is 0.500. The molecule has 4 nitrogen and oxygen atoms in total. The molecule has 0 radical (unpaired) electrons. The van der Waals surface area contributed by atoms with Crippen molar-refractivity contribution in [1.29, 1.82) is 5.26 Å². The van der Waals surface area contributed by atoms with Crippen LogP contribution in [-0.2, 0) is 9.84 Å². The number of nitrogens with one attached hydrogen (secondary N) is 1. The SMILES string of the molecule is CS(=O)(=O)C1CCCC(Nc2ccc(C#N)cc2F)C1. The second kappa shape index (κ2) is 5.80. The van der Waals surface area contributed by atoms with E-state index in [0.29, 0.717) is 18.5 Å².